The Morgan fingerprint density at radius 1 is 1.31 bits per heavy atom. The van der Waals surface area contributed by atoms with Crippen molar-refractivity contribution in [2.75, 3.05) is 13.7 Å². The molecule has 26 heavy (non-hydrogen) atoms. The topological polar surface area (TPSA) is 111 Å². The van der Waals surface area contributed by atoms with Crippen LogP contribution in [0.25, 0.3) is 0 Å². The molecule has 9 heteroatoms. The van der Waals surface area contributed by atoms with Crippen molar-refractivity contribution < 1.29 is 27.5 Å². The lowest BCUT2D eigenvalue weighted by molar-refractivity contribution is -0.124. The number of carbonyl (C=O) groups is 2. The zero-order chi connectivity index (χ0) is 19.3. The average Bonchev–Trinajstić information content (AvgIpc) is 3.42. The highest BCUT2D eigenvalue weighted by Gasteiger charge is 2.30. The largest absolute Gasteiger partial charge is 0.495 e. The Bertz CT molecular complexity index is 773. The van der Waals surface area contributed by atoms with E-state index in [0.29, 0.717) is 0 Å². The summed E-state index contributed by atoms with van der Waals surface area (Å²) in [6.45, 7) is 3.33. The Morgan fingerprint density at radius 3 is 2.58 bits per heavy atom. The van der Waals surface area contributed by atoms with Crippen molar-refractivity contribution in [3.05, 3.63) is 23.8 Å². The zero-order valence-electron chi connectivity index (χ0n) is 15.1. The van der Waals surface area contributed by atoms with Gasteiger partial charge in [0.2, 0.25) is 10.0 Å². The predicted octanol–water partition coefficient (Wildman–Crippen LogP) is 1.21. The maximum Gasteiger partial charge on any atom is 0.338 e. The molecule has 1 atom stereocenters. The highest BCUT2D eigenvalue weighted by atomic mass is 32.2. The van der Waals surface area contributed by atoms with Gasteiger partial charge < -0.3 is 14.8 Å². The highest BCUT2D eigenvalue weighted by molar-refractivity contribution is 7.89. The molecule has 1 aromatic rings. The molecule has 8 nitrogen and oxygen atoms in total. The zero-order valence-corrected chi connectivity index (χ0v) is 15.9. The Labute approximate surface area is 153 Å². The van der Waals surface area contributed by atoms with Gasteiger partial charge in [0.25, 0.3) is 5.91 Å². The smallest absolute Gasteiger partial charge is 0.338 e. The summed E-state index contributed by atoms with van der Waals surface area (Å²) in [7, 11) is -2.46. The minimum Gasteiger partial charge on any atom is -0.495 e. The van der Waals surface area contributed by atoms with Crippen molar-refractivity contribution in [3.63, 3.8) is 0 Å². The summed E-state index contributed by atoms with van der Waals surface area (Å²) in [5.74, 6) is -1.07. The van der Waals surface area contributed by atoms with Crippen LogP contribution in [0, 0.1) is 0 Å². The molecular weight excluding hydrogens is 360 g/mol. The Hall–Kier alpha value is -2.13. The molecule has 1 aliphatic carbocycles. The summed E-state index contributed by atoms with van der Waals surface area (Å²) in [5, 5.41) is 2.68. The molecule has 0 aromatic heterocycles. The molecule has 0 saturated heterocycles. The van der Waals surface area contributed by atoms with Gasteiger partial charge in [-0.1, -0.05) is 6.92 Å². The quantitative estimate of drug-likeness (QED) is 0.619. The van der Waals surface area contributed by atoms with E-state index >= 15 is 0 Å². The van der Waals surface area contributed by atoms with Crippen molar-refractivity contribution in [2.24, 2.45) is 0 Å². The lowest BCUT2D eigenvalue weighted by Gasteiger charge is -2.13. The van der Waals surface area contributed by atoms with Gasteiger partial charge in [0, 0.05) is 12.1 Å². The van der Waals surface area contributed by atoms with Crippen LogP contribution < -0.4 is 14.8 Å². The normalized spacial score (nSPS) is 15.2. The van der Waals surface area contributed by atoms with E-state index in [1.165, 1.54) is 25.3 Å². The van der Waals surface area contributed by atoms with Gasteiger partial charge in [-0.15, -0.1) is 0 Å². The number of ether oxygens (including phenoxy) is 2. The third-order valence-electron chi connectivity index (χ3n) is 3.94. The van der Waals surface area contributed by atoms with E-state index in [2.05, 4.69) is 10.0 Å². The highest BCUT2D eigenvalue weighted by Crippen LogP contribution is 2.28. The molecule has 144 valence electrons. The van der Waals surface area contributed by atoms with Crippen LogP contribution in [0.4, 0.5) is 0 Å². The van der Waals surface area contributed by atoms with Crippen molar-refractivity contribution in [1.82, 2.24) is 10.0 Å². The first kappa shape index (κ1) is 20.2. The number of benzene rings is 1. The van der Waals surface area contributed by atoms with E-state index in [9.17, 15) is 18.0 Å². The molecule has 1 saturated carbocycles. The lowest BCUT2D eigenvalue weighted by Crippen LogP contribution is -2.35. The number of esters is 1. The molecule has 0 aliphatic heterocycles. The number of amides is 1. The van der Waals surface area contributed by atoms with Crippen molar-refractivity contribution >= 4 is 21.9 Å². The van der Waals surface area contributed by atoms with Crippen molar-refractivity contribution in [2.45, 2.75) is 50.1 Å². The third kappa shape index (κ3) is 5.43. The van der Waals surface area contributed by atoms with Crippen LogP contribution in [-0.2, 0) is 19.6 Å². The fourth-order valence-corrected chi connectivity index (χ4v) is 3.63. The number of sulfonamides is 1. The van der Waals surface area contributed by atoms with Crippen LogP contribution in [0.1, 0.15) is 43.5 Å². The van der Waals surface area contributed by atoms with E-state index in [1.54, 1.807) is 0 Å². The van der Waals surface area contributed by atoms with E-state index in [4.69, 9.17) is 9.47 Å². The number of methoxy groups -OCH3 is 1. The molecule has 0 unspecified atom stereocenters. The van der Waals surface area contributed by atoms with Gasteiger partial charge >= 0.3 is 5.97 Å². The second-order valence-electron chi connectivity index (χ2n) is 6.21. The third-order valence-corrected chi connectivity index (χ3v) is 5.48. The number of hydrogen-bond acceptors (Lipinski definition) is 6. The number of carbonyl (C=O) groups excluding carboxylic acids is 2. The van der Waals surface area contributed by atoms with Gasteiger partial charge in [0.1, 0.15) is 10.6 Å². The summed E-state index contributed by atoms with van der Waals surface area (Å²) in [5.41, 5.74) is 0.0262. The maximum absolute atomic E-state index is 12.5. The van der Waals surface area contributed by atoms with Gasteiger partial charge in [0.15, 0.2) is 6.61 Å². The molecule has 1 amide bonds. The average molecular weight is 384 g/mol. The standard InChI is InChI=1S/C17H24N2O6S/c1-4-11(2)18-16(20)10-25-17(21)12-5-8-14(24-3)15(9-12)26(22,23)19-13-6-7-13/h5,8-9,11,13,19H,4,6-7,10H2,1-3H3,(H,18,20)/t11-/m0/s1. The van der Waals surface area contributed by atoms with Gasteiger partial charge in [0.05, 0.1) is 12.7 Å². The van der Waals surface area contributed by atoms with Crippen LogP contribution in [0.2, 0.25) is 0 Å². The van der Waals surface area contributed by atoms with Crippen LogP contribution in [-0.4, -0.2) is 46.1 Å². The minimum absolute atomic E-state index is 0.0209. The van der Waals surface area contributed by atoms with Crippen LogP contribution in [0.3, 0.4) is 0 Å². The SMILES string of the molecule is CC[C@H](C)NC(=O)COC(=O)c1ccc(OC)c(S(=O)(=O)NC2CC2)c1. The van der Waals surface area contributed by atoms with E-state index in [1.807, 2.05) is 13.8 Å². The van der Waals surface area contributed by atoms with Crippen LogP contribution >= 0.6 is 0 Å². The van der Waals surface area contributed by atoms with E-state index in [-0.39, 0.29) is 28.3 Å². The Kier molecular flexibility index (Phi) is 6.60. The summed E-state index contributed by atoms with van der Waals surface area (Å²) in [6.07, 6.45) is 2.33. The maximum atomic E-state index is 12.5. The summed E-state index contributed by atoms with van der Waals surface area (Å²) < 4.78 is 37.5. The van der Waals surface area contributed by atoms with Gasteiger partial charge in [-0.3, -0.25) is 4.79 Å². The first-order chi connectivity index (χ1) is 12.3. The fourth-order valence-electron chi connectivity index (χ4n) is 2.13. The van der Waals surface area contributed by atoms with Gasteiger partial charge in [-0.2, -0.15) is 0 Å². The second kappa shape index (κ2) is 8.50. The molecule has 0 radical (unpaired) electrons. The monoisotopic (exact) mass is 384 g/mol. The summed E-state index contributed by atoms with van der Waals surface area (Å²) in [6, 6.07) is 3.87. The molecule has 1 aromatic carbocycles. The van der Waals surface area contributed by atoms with Gasteiger partial charge in [-0.05, 0) is 44.4 Å². The molecule has 2 N–H and O–H groups in total. The number of hydrogen-bond donors (Lipinski definition) is 2. The van der Waals surface area contributed by atoms with Crippen LogP contribution in [0.5, 0.6) is 5.75 Å². The Balaban J connectivity index is 2.10. The van der Waals surface area contributed by atoms with E-state index < -0.39 is 28.5 Å². The molecule has 0 bridgehead atoms. The van der Waals surface area contributed by atoms with Crippen LogP contribution in [0.15, 0.2) is 23.1 Å². The molecule has 0 heterocycles. The Morgan fingerprint density at radius 2 is 2.00 bits per heavy atom. The first-order valence-electron chi connectivity index (χ1n) is 8.43. The number of rotatable bonds is 9. The molecule has 2 rings (SSSR count). The fraction of sp³-hybridized carbons (Fsp3) is 0.529. The molecule has 0 spiro atoms. The molecule has 1 fully saturated rings. The van der Waals surface area contributed by atoms with E-state index in [0.717, 1.165) is 19.3 Å². The number of nitrogens with one attached hydrogen (secondary N) is 2. The molecule has 1 aliphatic rings. The molecular formula is C17H24N2O6S. The predicted molar refractivity (Wildman–Crippen MR) is 94.5 cm³/mol. The summed E-state index contributed by atoms with van der Waals surface area (Å²) in [4.78, 5) is 23.7. The first-order valence-corrected chi connectivity index (χ1v) is 9.92. The lowest BCUT2D eigenvalue weighted by atomic mass is 10.2. The minimum atomic E-state index is -3.81. The van der Waals surface area contributed by atoms with Gasteiger partial charge in [-0.25, -0.2) is 17.9 Å². The second-order valence-corrected chi connectivity index (χ2v) is 7.90. The summed E-state index contributed by atoms with van der Waals surface area (Å²) >= 11 is 0. The van der Waals surface area contributed by atoms with Crippen molar-refractivity contribution in [1.29, 1.82) is 0 Å². The van der Waals surface area contributed by atoms with Crippen molar-refractivity contribution in [3.8, 4) is 5.75 Å².